The first-order valence-corrected chi connectivity index (χ1v) is 7.53. The van der Waals surface area contributed by atoms with Gasteiger partial charge in [-0.25, -0.2) is 0 Å². The molecule has 104 valence electrons. The lowest BCUT2D eigenvalue weighted by Gasteiger charge is -2.43. The van der Waals surface area contributed by atoms with Gasteiger partial charge in [0.25, 0.3) is 0 Å². The van der Waals surface area contributed by atoms with Gasteiger partial charge in [-0.05, 0) is 48.1 Å². The Hall–Kier alpha value is -0.890. The van der Waals surface area contributed by atoms with Crippen LogP contribution in [0, 0.1) is 16.7 Å². The number of nitrogens with two attached hydrogens (primary N) is 1. The first kappa shape index (κ1) is 13.1. The molecule has 0 heterocycles. The second-order valence-electron chi connectivity index (χ2n) is 7.19. The van der Waals surface area contributed by atoms with Gasteiger partial charge in [-0.2, -0.15) is 0 Å². The van der Waals surface area contributed by atoms with Crippen LogP contribution in [0.25, 0.3) is 0 Å². The van der Waals surface area contributed by atoms with Crippen molar-refractivity contribution in [3.8, 4) is 0 Å². The van der Waals surface area contributed by atoms with Crippen molar-refractivity contribution < 1.29 is 0 Å². The molecule has 19 heavy (non-hydrogen) atoms. The van der Waals surface area contributed by atoms with E-state index in [2.05, 4.69) is 26.1 Å². The lowest BCUT2D eigenvalue weighted by molar-refractivity contribution is 0.155. The molecule has 2 nitrogen and oxygen atoms in total. The number of fused-ring (bicyclic) bond motifs is 2. The molecular formula is C16H23ClN2. The number of benzene rings is 1. The van der Waals surface area contributed by atoms with Gasteiger partial charge in [0, 0.05) is 6.04 Å². The second-order valence-corrected chi connectivity index (χ2v) is 7.60. The Labute approximate surface area is 120 Å². The molecule has 3 heteroatoms. The summed E-state index contributed by atoms with van der Waals surface area (Å²) in [5.74, 6) is 0.829. The van der Waals surface area contributed by atoms with Crippen LogP contribution in [0.5, 0.6) is 0 Å². The molecule has 0 aromatic heterocycles. The number of nitrogens with one attached hydrogen (secondary N) is 1. The summed E-state index contributed by atoms with van der Waals surface area (Å²) in [5, 5.41) is 4.34. The van der Waals surface area contributed by atoms with E-state index in [-0.39, 0.29) is 0 Å². The summed E-state index contributed by atoms with van der Waals surface area (Å²) in [4.78, 5) is 0. The van der Waals surface area contributed by atoms with Gasteiger partial charge in [-0.3, -0.25) is 0 Å². The molecule has 3 unspecified atom stereocenters. The third kappa shape index (κ3) is 1.84. The molecular weight excluding hydrogens is 256 g/mol. The van der Waals surface area contributed by atoms with Crippen molar-refractivity contribution in [2.24, 2.45) is 16.7 Å². The third-order valence-corrected chi connectivity index (χ3v) is 5.95. The molecule has 0 radical (unpaired) electrons. The minimum atomic E-state index is 0.321. The molecule has 2 bridgehead atoms. The summed E-state index contributed by atoms with van der Waals surface area (Å²) in [6, 6.07) is 6.31. The summed E-state index contributed by atoms with van der Waals surface area (Å²) in [6.07, 6.45) is 4.02. The van der Waals surface area contributed by atoms with Crippen molar-refractivity contribution >= 4 is 23.0 Å². The maximum atomic E-state index is 6.12. The molecule has 2 saturated carbocycles. The highest BCUT2D eigenvalue weighted by molar-refractivity contribution is 6.33. The number of rotatable bonds is 2. The first-order valence-electron chi connectivity index (χ1n) is 7.15. The van der Waals surface area contributed by atoms with Crippen LogP contribution >= 0.6 is 11.6 Å². The van der Waals surface area contributed by atoms with E-state index in [4.69, 9.17) is 17.3 Å². The van der Waals surface area contributed by atoms with Crippen LogP contribution in [0.1, 0.15) is 40.0 Å². The zero-order valence-corrected chi connectivity index (χ0v) is 12.7. The largest absolute Gasteiger partial charge is 0.396 e. The fourth-order valence-electron chi connectivity index (χ4n) is 4.48. The molecule has 0 amide bonds. The minimum absolute atomic E-state index is 0.321. The van der Waals surface area contributed by atoms with Crippen LogP contribution in [0.4, 0.5) is 11.4 Å². The van der Waals surface area contributed by atoms with Gasteiger partial charge in [0.2, 0.25) is 0 Å². The summed E-state index contributed by atoms with van der Waals surface area (Å²) in [7, 11) is 0. The minimum Gasteiger partial charge on any atom is -0.396 e. The van der Waals surface area contributed by atoms with Gasteiger partial charge < -0.3 is 11.1 Å². The van der Waals surface area contributed by atoms with E-state index in [0.717, 1.165) is 11.6 Å². The first-order chi connectivity index (χ1) is 8.84. The molecule has 0 spiro atoms. The Morgan fingerprint density at radius 1 is 1.32 bits per heavy atom. The number of nitrogen functional groups attached to an aromatic ring is 1. The normalized spacial score (nSPS) is 35.6. The van der Waals surface area contributed by atoms with Crippen LogP contribution in [0.15, 0.2) is 18.2 Å². The van der Waals surface area contributed by atoms with Crippen molar-refractivity contribution in [2.75, 3.05) is 11.1 Å². The Bertz CT molecular complexity index is 507. The van der Waals surface area contributed by atoms with Gasteiger partial charge in [0.15, 0.2) is 0 Å². The molecule has 2 aliphatic rings. The Morgan fingerprint density at radius 2 is 2.05 bits per heavy atom. The average Bonchev–Trinajstić information content (AvgIpc) is 2.81. The predicted molar refractivity (Wildman–Crippen MR) is 82.5 cm³/mol. The fraction of sp³-hybridized carbons (Fsp3) is 0.625. The summed E-state index contributed by atoms with van der Waals surface area (Å²) in [5.41, 5.74) is 8.47. The molecule has 3 N–H and O–H groups in total. The highest BCUT2D eigenvalue weighted by atomic mass is 35.5. The molecule has 3 atom stereocenters. The van der Waals surface area contributed by atoms with E-state index in [1.165, 1.54) is 19.3 Å². The Balaban J connectivity index is 1.93. The number of halogens is 1. The fourth-order valence-corrected chi connectivity index (χ4v) is 4.66. The Kier molecular flexibility index (Phi) is 2.79. The van der Waals surface area contributed by atoms with E-state index in [9.17, 15) is 0 Å². The lowest BCUT2D eigenvalue weighted by Crippen LogP contribution is -2.45. The van der Waals surface area contributed by atoms with E-state index in [0.29, 0.717) is 27.6 Å². The molecule has 0 saturated heterocycles. The number of para-hydroxylation sites is 1. The predicted octanol–water partition coefficient (Wildman–Crippen LogP) is 4.55. The summed E-state index contributed by atoms with van der Waals surface area (Å²) < 4.78 is 0. The molecule has 2 fully saturated rings. The van der Waals surface area contributed by atoms with Crippen LogP contribution in [-0.2, 0) is 0 Å². The van der Waals surface area contributed by atoms with Crippen molar-refractivity contribution in [3.63, 3.8) is 0 Å². The topological polar surface area (TPSA) is 38.0 Å². The van der Waals surface area contributed by atoms with Crippen molar-refractivity contribution in [1.29, 1.82) is 0 Å². The monoisotopic (exact) mass is 278 g/mol. The van der Waals surface area contributed by atoms with E-state index in [1.54, 1.807) is 0 Å². The number of hydrogen-bond donors (Lipinski definition) is 2. The van der Waals surface area contributed by atoms with Gasteiger partial charge in [-0.1, -0.05) is 38.4 Å². The maximum absolute atomic E-state index is 6.12. The molecule has 2 aliphatic carbocycles. The molecule has 1 aromatic rings. The van der Waals surface area contributed by atoms with Crippen molar-refractivity contribution in [1.82, 2.24) is 0 Å². The quantitative estimate of drug-likeness (QED) is 0.779. The van der Waals surface area contributed by atoms with Crippen LogP contribution in [-0.4, -0.2) is 6.04 Å². The summed E-state index contributed by atoms with van der Waals surface area (Å²) >= 11 is 6.12. The lowest BCUT2D eigenvalue weighted by atomic mass is 9.68. The number of hydrogen-bond acceptors (Lipinski definition) is 2. The van der Waals surface area contributed by atoms with Gasteiger partial charge in [0.1, 0.15) is 0 Å². The second kappa shape index (κ2) is 4.05. The molecule has 3 rings (SSSR count). The van der Waals surface area contributed by atoms with Crippen molar-refractivity contribution in [2.45, 2.75) is 46.1 Å². The Morgan fingerprint density at radius 3 is 2.68 bits per heavy atom. The SMILES string of the molecule is CC12CCC(C1)C(C)(C)C2Nc1cccc(Cl)c1N. The van der Waals surface area contributed by atoms with E-state index in [1.807, 2.05) is 18.2 Å². The third-order valence-electron chi connectivity index (χ3n) is 5.62. The summed E-state index contributed by atoms with van der Waals surface area (Å²) in [6.45, 7) is 7.20. The van der Waals surface area contributed by atoms with E-state index < -0.39 is 0 Å². The van der Waals surface area contributed by atoms with Crippen LogP contribution in [0.2, 0.25) is 5.02 Å². The standard InChI is InChI=1S/C16H23ClN2/c1-15(2)10-7-8-16(3,9-10)14(15)19-12-6-4-5-11(17)13(12)18/h4-6,10,14,19H,7-9,18H2,1-3H3. The van der Waals surface area contributed by atoms with Gasteiger partial charge >= 0.3 is 0 Å². The smallest absolute Gasteiger partial charge is 0.0739 e. The molecule has 1 aromatic carbocycles. The van der Waals surface area contributed by atoms with Crippen LogP contribution in [0.3, 0.4) is 0 Å². The van der Waals surface area contributed by atoms with E-state index >= 15 is 0 Å². The zero-order valence-electron chi connectivity index (χ0n) is 12.0. The highest BCUT2D eigenvalue weighted by Crippen LogP contribution is 2.63. The number of anilines is 2. The average molecular weight is 279 g/mol. The zero-order chi connectivity index (χ0) is 13.8. The maximum Gasteiger partial charge on any atom is 0.0739 e. The van der Waals surface area contributed by atoms with Crippen molar-refractivity contribution in [3.05, 3.63) is 23.2 Å². The highest BCUT2D eigenvalue weighted by Gasteiger charge is 2.59. The van der Waals surface area contributed by atoms with Crippen LogP contribution < -0.4 is 11.1 Å². The molecule has 0 aliphatic heterocycles. The van der Waals surface area contributed by atoms with Gasteiger partial charge in [-0.15, -0.1) is 0 Å². The van der Waals surface area contributed by atoms with Gasteiger partial charge in [0.05, 0.1) is 16.4 Å².